The molecule has 5 heteroatoms. The van der Waals surface area contributed by atoms with Gasteiger partial charge in [-0.2, -0.15) is 0 Å². The van der Waals surface area contributed by atoms with Gasteiger partial charge in [0.25, 0.3) is 0 Å². The number of benzene rings is 1. The summed E-state index contributed by atoms with van der Waals surface area (Å²) in [7, 11) is 2.10. The molecule has 5 nitrogen and oxygen atoms in total. The number of aromatic nitrogens is 2. The topological polar surface area (TPSA) is 69.0 Å². The van der Waals surface area contributed by atoms with Crippen LogP contribution in [0.15, 0.2) is 21.7 Å². The molecule has 1 fully saturated rings. The summed E-state index contributed by atoms with van der Waals surface area (Å²) in [6.07, 6.45) is 2.24. The lowest BCUT2D eigenvalue weighted by molar-refractivity contribution is 0.318. The smallest absolute Gasteiger partial charge is 0.314 e. The molecule has 1 aliphatic heterocycles. The van der Waals surface area contributed by atoms with E-state index in [0.29, 0.717) is 11.6 Å². The quantitative estimate of drug-likeness (QED) is 0.758. The van der Waals surface area contributed by atoms with Gasteiger partial charge in [0.1, 0.15) is 0 Å². The summed E-state index contributed by atoms with van der Waals surface area (Å²) in [5, 5.41) is 0. The zero-order chi connectivity index (χ0) is 13.6. The first-order valence-corrected chi connectivity index (χ1v) is 6.54. The zero-order valence-electron chi connectivity index (χ0n) is 11.1. The van der Waals surface area contributed by atoms with Crippen molar-refractivity contribution in [3.05, 3.63) is 44.0 Å². The van der Waals surface area contributed by atoms with Crippen molar-refractivity contribution in [2.75, 3.05) is 13.6 Å². The highest BCUT2D eigenvalue weighted by molar-refractivity contribution is 5.79. The van der Waals surface area contributed by atoms with E-state index in [0.717, 1.165) is 36.0 Å². The molecular weight excluding hydrogens is 242 g/mol. The summed E-state index contributed by atoms with van der Waals surface area (Å²) in [6, 6.07) is 4.16. The van der Waals surface area contributed by atoms with E-state index in [1.807, 2.05) is 19.1 Å². The van der Waals surface area contributed by atoms with Crippen molar-refractivity contribution in [3.63, 3.8) is 0 Å². The zero-order valence-corrected chi connectivity index (χ0v) is 11.1. The highest BCUT2D eigenvalue weighted by atomic mass is 16.2. The molecule has 1 aromatic heterocycles. The number of hydrogen-bond acceptors (Lipinski definition) is 3. The fraction of sp³-hybridized carbons (Fsp3) is 0.429. The van der Waals surface area contributed by atoms with Crippen LogP contribution in [0.4, 0.5) is 0 Å². The first-order valence-electron chi connectivity index (χ1n) is 6.54. The van der Waals surface area contributed by atoms with E-state index in [9.17, 15) is 9.59 Å². The highest BCUT2D eigenvalue weighted by Gasteiger charge is 2.26. The number of aryl methyl sites for hydroxylation is 1. The van der Waals surface area contributed by atoms with Crippen molar-refractivity contribution in [1.29, 1.82) is 0 Å². The average Bonchev–Trinajstić information content (AvgIpc) is 2.78. The van der Waals surface area contributed by atoms with E-state index in [1.54, 1.807) is 0 Å². The Kier molecular flexibility index (Phi) is 2.78. The van der Waals surface area contributed by atoms with Crippen molar-refractivity contribution in [2.45, 2.75) is 25.8 Å². The second-order valence-electron chi connectivity index (χ2n) is 5.27. The van der Waals surface area contributed by atoms with Crippen molar-refractivity contribution in [2.24, 2.45) is 0 Å². The molecule has 1 atom stereocenters. The minimum Gasteiger partial charge on any atom is -0.316 e. The van der Waals surface area contributed by atoms with Gasteiger partial charge in [0, 0.05) is 6.04 Å². The third-order valence-corrected chi connectivity index (χ3v) is 4.01. The van der Waals surface area contributed by atoms with Gasteiger partial charge in [-0.3, -0.25) is 14.5 Å². The molecule has 1 saturated heterocycles. The molecule has 0 radical (unpaired) electrons. The number of nitrogens with zero attached hydrogens (tertiary/aromatic N) is 1. The molecular formula is C14H17N3O2. The molecule has 0 amide bonds. The van der Waals surface area contributed by atoms with Crippen LogP contribution in [0.25, 0.3) is 11.0 Å². The fourth-order valence-electron chi connectivity index (χ4n) is 3.02. The third kappa shape index (κ3) is 1.90. The lowest BCUT2D eigenvalue weighted by Crippen LogP contribution is -2.30. The molecule has 2 aromatic rings. The molecule has 2 heterocycles. The fourth-order valence-corrected chi connectivity index (χ4v) is 3.02. The maximum atomic E-state index is 11.6. The first kappa shape index (κ1) is 12.2. The van der Waals surface area contributed by atoms with Crippen LogP contribution in [-0.2, 0) is 0 Å². The number of fused-ring (bicyclic) bond motifs is 1. The molecule has 1 unspecified atom stereocenters. The minimum absolute atomic E-state index is 0.310. The van der Waals surface area contributed by atoms with Gasteiger partial charge in [0.15, 0.2) is 0 Å². The molecule has 3 rings (SSSR count). The standard InChI is InChI=1S/C14H17N3O2/c1-8-5-6-9-12(16-14(19)13(18)15-9)11(8)10-4-3-7-17(10)2/h5-6,10H,3-4,7H2,1-2H3,(H,15,18)(H,16,19). The van der Waals surface area contributed by atoms with E-state index in [4.69, 9.17) is 0 Å². The normalized spacial score (nSPS) is 20.2. The van der Waals surface area contributed by atoms with Gasteiger partial charge in [-0.15, -0.1) is 0 Å². The van der Waals surface area contributed by atoms with Crippen LogP contribution < -0.4 is 11.1 Å². The van der Waals surface area contributed by atoms with Crippen molar-refractivity contribution < 1.29 is 0 Å². The average molecular weight is 259 g/mol. The predicted molar refractivity (Wildman–Crippen MR) is 74.5 cm³/mol. The molecule has 0 saturated carbocycles. The molecule has 0 bridgehead atoms. The molecule has 1 aliphatic rings. The van der Waals surface area contributed by atoms with Gasteiger partial charge >= 0.3 is 11.1 Å². The SMILES string of the molecule is Cc1ccc2[nH]c(=O)c(=O)[nH]c2c1C1CCCN1C. The van der Waals surface area contributed by atoms with E-state index >= 15 is 0 Å². The number of hydrogen-bond donors (Lipinski definition) is 2. The van der Waals surface area contributed by atoms with Crippen molar-refractivity contribution in [3.8, 4) is 0 Å². The van der Waals surface area contributed by atoms with Gasteiger partial charge in [-0.05, 0) is 50.6 Å². The summed E-state index contributed by atoms with van der Waals surface area (Å²) < 4.78 is 0. The Hall–Kier alpha value is -1.88. The maximum Gasteiger partial charge on any atom is 0.314 e. The number of nitrogens with one attached hydrogen (secondary N) is 2. The molecule has 2 N–H and O–H groups in total. The van der Waals surface area contributed by atoms with Crippen molar-refractivity contribution >= 4 is 11.0 Å². The van der Waals surface area contributed by atoms with E-state index in [2.05, 4.69) is 21.9 Å². The predicted octanol–water partition coefficient (Wildman–Crippen LogP) is 1.29. The lowest BCUT2D eigenvalue weighted by Gasteiger charge is -2.23. The molecule has 0 aliphatic carbocycles. The minimum atomic E-state index is -0.595. The number of aromatic amines is 2. The Bertz CT molecular complexity index is 744. The molecule has 19 heavy (non-hydrogen) atoms. The van der Waals surface area contributed by atoms with Gasteiger partial charge in [-0.1, -0.05) is 6.07 Å². The van der Waals surface area contributed by atoms with Crippen LogP contribution in [0.3, 0.4) is 0 Å². The van der Waals surface area contributed by atoms with Crippen LogP contribution in [-0.4, -0.2) is 28.5 Å². The Morgan fingerprint density at radius 3 is 2.63 bits per heavy atom. The Morgan fingerprint density at radius 1 is 1.21 bits per heavy atom. The summed E-state index contributed by atoms with van der Waals surface area (Å²) in [4.78, 5) is 30.7. The molecule has 100 valence electrons. The maximum absolute atomic E-state index is 11.6. The second-order valence-corrected chi connectivity index (χ2v) is 5.27. The van der Waals surface area contributed by atoms with Gasteiger partial charge in [0.05, 0.1) is 11.0 Å². The van der Waals surface area contributed by atoms with Crippen LogP contribution in [0, 0.1) is 6.92 Å². The molecule has 0 spiro atoms. The second kappa shape index (κ2) is 4.35. The van der Waals surface area contributed by atoms with Crippen LogP contribution in [0.1, 0.15) is 30.0 Å². The van der Waals surface area contributed by atoms with Gasteiger partial charge in [-0.25, -0.2) is 0 Å². The van der Waals surface area contributed by atoms with Crippen molar-refractivity contribution in [1.82, 2.24) is 14.9 Å². The number of likely N-dealkylation sites (tertiary alicyclic amines) is 1. The van der Waals surface area contributed by atoms with Gasteiger partial charge in [0.2, 0.25) is 0 Å². The largest absolute Gasteiger partial charge is 0.316 e. The summed E-state index contributed by atoms with van der Waals surface area (Å²) >= 11 is 0. The van der Waals surface area contributed by atoms with E-state index < -0.39 is 11.1 Å². The molecule has 1 aromatic carbocycles. The highest BCUT2D eigenvalue weighted by Crippen LogP contribution is 2.35. The van der Waals surface area contributed by atoms with Crippen LogP contribution in [0.5, 0.6) is 0 Å². The summed E-state index contributed by atoms with van der Waals surface area (Å²) in [5.41, 5.74) is 2.57. The first-order chi connectivity index (χ1) is 9.08. The van der Waals surface area contributed by atoms with Gasteiger partial charge < -0.3 is 9.97 Å². The number of H-pyrrole nitrogens is 2. The van der Waals surface area contributed by atoms with E-state index in [1.165, 1.54) is 0 Å². The summed E-state index contributed by atoms with van der Waals surface area (Å²) in [5.74, 6) is 0. The van der Waals surface area contributed by atoms with E-state index in [-0.39, 0.29) is 0 Å². The monoisotopic (exact) mass is 259 g/mol. The van der Waals surface area contributed by atoms with Crippen LogP contribution >= 0.6 is 0 Å². The third-order valence-electron chi connectivity index (χ3n) is 4.01. The Morgan fingerprint density at radius 2 is 1.95 bits per heavy atom. The van der Waals surface area contributed by atoms with Crippen LogP contribution in [0.2, 0.25) is 0 Å². The summed E-state index contributed by atoms with van der Waals surface area (Å²) in [6.45, 7) is 3.11. The number of rotatable bonds is 1. The Balaban J connectivity index is 2.33. The lowest BCUT2D eigenvalue weighted by atomic mass is 9.97. The Labute approximate surface area is 110 Å².